The summed E-state index contributed by atoms with van der Waals surface area (Å²) in [7, 11) is 0. The maximum absolute atomic E-state index is 11.2. The van der Waals surface area contributed by atoms with Gasteiger partial charge in [-0.15, -0.1) is 0 Å². The predicted molar refractivity (Wildman–Crippen MR) is 62.2 cm³/mol. The summed E-state index contributed by atoms with van der Waals surface area (Å²) in [4.78, 5) is 22.2. The Bertz CT molecular complexity index is 237. The lowest BCUT2D eigenvalue weighted by Gasteiger charge is -2.09. The first-order chi connectivity index (χ1) is 7.95. The zero-order valence-corrected chi connectivity index (χ0v) is 10.5. The molecule has 2 unspecified atom stereocenters. The molecule has 0 fully saturated rings. The molecular weight excluding hydrogens is 224 g/mol. The Labute approximate surface area is 102 Å². The molecule has 5 heteroatoms. The molecule has 0 aliphatic rings. The zero-order chi connectivity index (χ0) is 13.3. The van der Waals surface area contributed by atoms with Crippen molar-refractivity contribution in [1.29, 1.82) is 0 Å². The second-order valence-corrected chi connectivity index (χ2v) is 4.25. The number of aliphatic hydroxyl groups is 2. The van der Waals surface area contributed by atoms with Crippen LogP contribution in [-0.2, 0) is 14.3 Å². The Morgan fingerprint density at radius 1 is 1.12 bits per heavy atom. The first kappa shape index (κ1) is 16.1. The molecule has 0 saturated heterocycles. The standard InChI is InChI=1S/C12H22O5/c1-3-4-5-6-10(14)8-12(16)17-11(15)7-9(2)13/h9-10,13-14H,3-8H2,1-2H3. The topological polar surface area (TPSA) is 83.8 Å². The lowest BCUT2D eigenvalue weighted by molar-refractivity contribution is -0.161. The average molecular weight is 246 g/mol. The van der Waals surface area contributed by atoms with Crippen molar-refractivity contribution in [3.63, 3.8) is 0 Å². The lowest BCUT2D eigenvalue weighted by Crippen LogP contribution is -2.21. The normalized spacial score (nSPS) is 14.1. The molecule has 0 amide bonds. The van der Waals surface area contributed by atoms with Gasteiger partial charge in [-0.25, -0.2) is 0 Å². The van der Waals surface area contributed by atoms with Gasteiger partial charge in [0.2, 0.25) is 0 Å². The first-order valence-electron chi connectivity index (χ1n) is 6.05. The summed E-state index contributed by atoms with van der Waals surface area (Å²) < 4.78 is 4.44. The first-order valence-corrected chi connectivity index (χ1v) is 6.05. The van der Waals surface area contributed by atoms with Crippen LogP contribution >= 0.6 is 0 Å². The van der Waals surface area contributed by atoms with Gasteiger partial charge >= 0.3 is 11.9 Å². The van der Waals surface area contributed by atoms with Crippen LogP contribution in [0.15, 0.2) is 0 Å². The summed E-state index contributed by atoms with van der Waals surface area (Å²) >= 11 is 0. The van der Waals surface area contributed by atoms with Crippen LogP contribution in [0.25, 0.3) is 0 Å². The molecule has 0 aromatic rings. The number of unbranched alkanes of at least 4 members (excludes halogenated alkanes) is 2. The van der Waals surface area contributed by atoms with Gasteiger partial charge in [0, 0.05) is 0 Å². The van der Waals surface area contributed by atoms with E-state index in [0.717, 1.165) is 19.3 Å². The van der Waals surface area contributed by atoms with Gasteiger partial charge < -0.3 is 14.9 Å². The summed E-state index contributed by atoms with van der Waals surface area (Å²) in [6.45, 7) is 3.49. The molecule has 0 aliphatic carbocycles. The second-order valence-electron chi connectivity index (χ2n) is 4.25. The molecule has 0 aromatic heterocycles. The lowest BCUT2D eigenvalue weighted by atomic mass is 10.1. The van der Waals surface area contributed by atoms with E-state index < -0.39 is 24.1 Å². The molecule has 0 heterocycles. The van der Waals surface area contributed by atoms with E-state index in [1.807, 2.05) is 0 Å². The fourth-order valence-electron chi connectivity index (χ4n) is 1.38. The van der Waals surface area contributed by atoms with Gasteiger partial charge in [0.25, 0.3) is 0 Å². The van der Waals surface area contributed by atoms with Crippen molar-refractivity contribution in [3.8, 4) is 0 Å². The van der Waals surface area contributed by atoms with Crippen LogP contribution in [0, 0.1) is 0 Å². The number of hydrogen-bond donors (Lipinski definition) is 2. The van der Waals surface area contributed by atoms with Crippen LogP contribution in [0.4, 0.5) is 0 Å². The molecule has 17 heavy (non-hydrogen) atoms. The van der Waals surface area contributed by atoms with E-state index in [-0.39, 0.29) is 12.8 Å². The molecule has 2 N–H and O–H groups in total. The molecule has 0 bridgehead atoms. The Morgan fingerprint density at radius 2 is 1.71 bits per heavy atom. The number of esters is 2. The van der Waals surface area contributed by atoms with Crippen molar-refractivity contribution in [2.75, 3.05) is 0 Å². The molecule has 0 radical (unpaired) electrons. The van der Waals surface area contributed by atoms with Crippen molar-refractivity contribution >= 4 is 11.9 Å². The van der Waals surface area contributed by atoms with Crippen LogP contribution in [-0.4, -0.2) is 34.4 Å². The summed E-state index contributed by atoms with van der Waals surface area (Å²) in [6.07, 6.45) is 1.47. The third kappa shape index (κ3) is 9.96. The van der Waals surface area contributed by atoms with E-state index >= 15 is 0 Å². The van der Waals surface area contributed by atoms with E-state index in [1.54, 1.807) is 0 Å². The molecule has 100 valence electrons. The third-order valence-electron chi connectivity index (χ3n) is 2.23. The molecule has 0 spiro atoms. The Hall–Kier alpha value is -0.940. The Morgan fingerprint density at radius 3 is 2.24 bits per heavy atom. The Kier molecular flexibility index (Phi) is 8.62. The second kappa shape index (κ2) is 9.13. The molecular formula is C12H22O5. The minimum absolute atomic E-state index is 0.171. The predicted octanol–water partition coefficient (Wildman–Crippen LogP) is 1.16. The molecule has 0 aromatic carbocycles. The number of ether oxygens (including phenoxy) is 1. The van der Waals surface area contributed by atoms with E-state index in [2.05, 4.69) is 11.7 Å². The highest BCUT2D eigenvalue weighted by Gasteiger charge is 2.16. The van der Waals surface area contributed by atoms with Crippen LogP contribution in [0.5, 0.6) is 0 Å². The minimum atomic E-state index is -0.829. The fourth-order valence-corrected chi connectivity index (χ4v) is 1.38. The zero-order valence-electron chi connectivity index (χ0n) is 10.5. The van der Waals surface area contributed by atoms with Crippen LogP contribution in [0.2, 0.25) is 0 Å². The molecule has 0 aliphatic heterocycles. The van der Waals surface area contributed by atoms with Gasteiger partial charge in [-0.05, 0) is 13.3 Å². The summed E-state index contributed by atoms with van der Waals surface area (Å²) in [5.74, 6) is -1.49. The fraction of sp³-hybridized carbons (Fsp3) is 0.833. The maximum Gasteiger partial charge on any atom is 0.316 e. The van der Waals surface area contributed by atoms with E-state index in [4.69, 9.17) is 5.11 Å². The van der Waals surface area contributed by atoms with Crippen molar-refractivity contribution in [3.05, 3.63) is 0 Å². The van der Waals surface area contributed by atoms with Gasteiger partial charge in [0.15, 0.2) is 0 Å². The number of hydrogen-bond acceptors (Lipinski definition) is 5. The quantitative estimate of drug-likeness (QED) is 0.381. The van der Waals surface area contributed by atoms with Crippen LogP contribution in [0.3, 0.4) is 0 Å². The van der Waals surface area contributed by atoms with Crippen molar-refractivity contribution in [2.45, 2.75) is 64.6 Å². The maximum atomic E-state index is 11.2. The highest BCUT2D eigenvalue weighted by Crippen LogP contribution is 2.07. The summed E-state index contributed by atoms with van der Waals surface area (Å²) in [5, 5.41) is 18.4. The number of aliphatic hydroxyl groups excluding tert-OH is 2. The Balaban J connectivity index is 3.73. The van der Waals surface area contributed by atoms with Gasteiger partial charge in [-0.2, -0.15) is 0 Å². The van der Waals surface area contributed by atoms with Crippen molar-refractivity contribution in [2.24, 2.45) is 0 Å². The summed E-state index contributed by atoms with van der Waals surface area (Å²) in [5.41, 5.74) is 0. The van der Waals surface area contributed by atoms with Gasteiger partial charge in [0.05, 0.1) is 25.0 Å². The smallest absolute Gasteiger partial charge is 0.316 e. The number of carbonyl (C=O) groups is 2. The van der Waals surface area contributed by atoms with Crippen molar-refractivity contribution in [1.82, 2.24) is 0 Å². The molecule has 0 rings (SSSR count). The average Bonchev–Trinajstić information content (AvgIpc) is 2.15. The van der Waals surface area contributed by atoms with E-state index in [0.29, 0.717) is 6.42 Å². The van der Waals surface area contributed by atoms with E-state index in [1.165, 1.54) is 6.92 Å². The third-order valence-corrected chi connectivity index (χ3v) is 2.23. The monoisotopic (exact) mass is 246 g/mol. The van der Waals surface area contributed by atoms with Crippen LogP contribution in [0.1, 0.15) is 52.4 Å². The van der Waals surface area contributed by atoms with Gasteiger partial charge in [-0.1, -0.05) is 26.2 Å². The highest BCUT2D eigenvalue weighted by atomic mass is 16.6. The van der Waals surface area contributed by atoms with Gasteiger partial charge in [0.1, 0.15) is 0 Å². The molecule has 5 nitrogen and oxygen atoms in total. The summed E-state index contributed by atoms with van der Waals surface area (Å²) in [6, 6.07) is 0. The largest absolute Gasteiger partial charge is 0.393 e. The molecule has 2 atom stereocenters. The van der Waals surface area contributed by atoms with E-state index in [9.17, 15) is 14.7 Å². The highest BCUT2D eigenvalue weighted by molar-refractivity contribution is 5.85. The SMILES string of the molecule is CCCCCC(O)CC(=O)OC(=O)CC(C)O. The van der Waals surface area contributed by atoms with Gasteiger partial charge in [-0.3, -0.25) is 9.59 Å². The number of carbonyl (C=O) groups excluding carboxylic acids is 2. The number of rotatable bonds is 8. The molecule has 0 saturated carbocycles. The minimum Gasteiger partial charge on any atom is -0.393 e. The van der Waals surface area contributed by atoms with Crippen LogP contribution < -0.4 is 0 Å². The van der Waals surface area contributed by atoms with Crippen molar-refractivity contribution < 1.29 is 24.5 Å².